The third-order valence-corrected chi connectivity index (χ3v) is 5.91. The number of benzene rings is 3. The minimum atomic E-state index is -0.285. The van der Waals surface area contributed by atoms with Crippen molar-refractivity contribution in [1.82, 2.24) is 0 Å². The second-order valence-corrected chi connectivity index (χ2v) is 8.78. The summed E-state index contributed by atoms with van der Waals surface area (Å²) in [4.78, 5) is 26.1. The largest absolute Gasteiger partial charge is 0.325 e. The lowest BCUT2D eigenvalue weighted by molar-refractivity contribution is -0.115. The van der Waals surface area contributed by atoms with Crippen molar-refractivity contribution in [2.24, 2.45) is 0 Å². The molecule has 0 fully saturated rings. The fourth-order valence-electron chi connectivity index (χ4n) is 3.05. The molecule has 3 aromatic carbocycles. The number of nitrogens with one attached hydrogen (secondary N) is 2. The fourth-order valence-corrected chi connectivity index (χ4v) is 3.98. The Morgan fingerprint density at radius 1 is 0.833 bits per heavy atom. The molecule has 3 rings (SSSR count). The number of aryl methyl sites for hydroxylation is 3. The van der Waals surface area contributed by atoms with E-state index in [2.05, 4.69) is 10.6 Å². The molecule has 0 radical (unpaired) electrons. The average molecular weight is 419 g/mol. The van der Waals surface area contributed by atoms with E-state index >= 15 is 0 Å². The smallest absolute Gasteiger partial charge is 0.255 e. The Balaban J connectivity index is 1.64. The number of para-hydroxylation sites is 1. The van der Waals surface area contributed by atoms with E-state index in [1.807, 2.05) is 94.4 Å². The highest BCUT2D eigenvalue weighted by Gasteiger charge is 2.17. The van der Waals surface area contributed by atoms with Gasteiger partial charge >= 0.3 is 0 Å². The topological polar surface area (TPSA) is 58.2 Å². The van der Waals surface area contributed by atoms with Crippen LogP contribution in [0.1, 0.15) is 34.0 Å². The summed E-state index contributed by atoms with van der Waals surface area (Å²) in [6, 6.07) is 21.0. The molecule has 0 bridgehead atoms. The van der Waals surface area contributed by atoms with Gasteiger partial charge in [-0.25, -0.2) is 0 Å². The van der Waals surface area contributed by atoms with Crippen LogP contribution in [0.4, 0.5) is 11.4 Å². The van der Waals surface area contributed by atoms with Crippen molar-refractivity contribution < 1.29 is 9.59 Å². The third-order valence-electron chi connectivity index (χ3n) is 4.82. The molecule has 1 unspecified atom stereocenters. The number of carbonyl (C=O) groups excluding carboxylic acids is 2. The van der Waals surface area contributed by atoms with E-state index in [0.29, 0.717) is 11.3 Å². The maximum absolute atomic E-state index is 12.7. The van der Waals surface area contributed by atoms with Crippen LogP contribution in [0.25, 0.3) is 0 Å². The Hall–Kier alpha value is -3.05. The molecule has 2 amide bonds. The molecule has 0 heterocycles. The molecule has 1 atom stereocenters. The normalized spacial score (nSPS) is 11.6. The molecule has 2 N–H and O–H groups in total. The quantitative estimate of drug-likeness (QED) is 0.484. The number of anilines is 2. The molecule has 0 aromatic heterocycles. The number of hydrogen-bond donors (Lipinski definition) is 2. The summed E-state index contributed by atoms with van der Waals surface area (Å²) in [7, 11) is 0. The van der Waals surface area contributed by atoms with Gasteiger partial charge in [0.15, 0.2) is 0 Å². The second kappa shape index (κ2) is 9.63. The minimum Gasteiger partial charge on any atom is -0.325 e. The average Bonchev–Trinajstić information content (AvgIpc) is 2.71. The SMILES string of the molecule is Cc1ccc(C(=O)Nc2cccc(SC(C)C(=O)Nc3c(C)cccc3C)c2)cc1. The lowest BCUT2D eigenvalue weighted by atomic mass is 10.1. The van der Waals surface area contributed by atoms with Gasteiger partial charge in [-0.3, -0.25) is 9.59 Å². The molecule has 4 nitrogen and oxygen atoms in total. The van der Waals surface area contributed by atoms with Crippen LogP contribution in [0, 0.1) is 20.8 Å². The van der Waals surface area contributed by atoms with Crippen LogP contribution < -0.4 is 10.6 Å². The summed E-state index contributed by atoms with van der Waals surface area (Å²) in [6.45, 7) is 7.84. The maximum Gasteiger partial charge on any atom is 0.255 e. The van der Waals surface area contributed by atoms with Gasteiger partial charge in [-0.2, -0.15) is 0 Å². The third kappa shape index (κ3) is 5.51. The molecular weight excluding hydrogens is 392 g/mol. The molecule has 5 heteroatoms. The van der Waals surface area contributed by atoms with Crippen LogP contribution >= 0.6 is 11.8 Å². The summed E-state index contributed by atoms with van der Waals surface area (Å²) < 4.78 is 0. The molecule has 0 saturated carbocycles. The van der Waals surface area contributed by atoms with Gasteiger partial charge in [0.05, 0.1) is 5.25 Å². The summed E-state index contributed by atoms with van der Waals surface area (Å²) in [5.41, 5.74) is 5.38. The molecule has 3 aromatic rings. The first-order valence-electron chi connectivity index (χ1n) is 9.85. The maximum atomic E-state index is 12.7. The highest BCUT2D eigenvalue weighted by molar-refractivity contribution is 8.00. The van der Waals surface area contributed by atoms with Gasteiger partial charge in [-0.05, 0) is 69.2 Å². The van der Waals surface area contributed by atoms with Crippen LogP contribution in [0.5, 0.6) is 0 Å². The number of carbonyl (C=O) groups is 2. The zero-order valence-corrected chi connectivity index (χ0v) is 18.5. The van der Waals surface area contributed by atoms with E-state index in [0.717, 1.165) is 27.3 Å². The summed E-state index contributed by atoms with van der Waals surface area (Å²) in [5.74, 6) is -0.204. The number of rotatable bonds is 6. The highest BCUT2D eigenvalue weighted by Crippen LogP contribution is 2.28. The Bertz CT molecular complexity index is 1040. The predicted molar refractivity (Wildman–Crippen MR) is 125 cm³/mol. The van der Waals surface area contributed by atoms with Gasteiger partial charge in [0.1, 0.15) is 0 Å². The van der Waals surface area contributed by atoms with Gasteiger partial charge in [0, 0.05) is 21.8 Å². The highest BCUT2D eigenvalue weighted by atomic mass is 32.2. The van der Waals surface area contributed by atoms with Crippen molar-refractivity contribution in [3.05, 3.63) is 89.0 Å². The van der Waals surface area contributed by atoms with Crippen molar-refractivity contribution in [3.63, 3.8) is 0 Å². The van der Waals surface area contributed by atoms with Gasteiger partial charge in [-0.15, -0.1) is 11.8 Å². The van der Waals surface area contributed by atoms with Crippen molar-refractivity contribution in [2.75, 3.05) is 10.6 Å². The standard InChI is InChI=1S/C25H26N2O2S/c1-16-11-13-20(14-12-16)25(29)26-21-9-6-10-22(15-21)30-19(4)24(28)27-23-17(2)7-5-8-18(23)3/h5-15,19H,1-4H3,(H,26,29)(H,27,28). The van der Waals surface area contributed by atoms with Gasteiger partial charge in [0.2, 0.25) is 5.91 Å². The zero-order chi connectivity index (χ0) is 21.7. The first-order valence-corrected chi connectivity index (χ1v) is 10.7. The van der Waals surface area contributed by atoms with Gasteiger partial charge in [0.25, 0.3) is 5.91 Å². The lowest BCUT2D eigenvalue weighted by Gasteiger charge is -2.16. The van der Waals surface area contributed by atoms with Crippen LogP contribution in [0.15, 0.2) is 71.6 Å². The fraction of sp³-hybridized carbons (Fsp3) is 0.200. The van der Waals surface area contributed by atoms with E-state index in [1.54, 1.807) is 0 Å². The molecule has 0 aliphatic carbocycles. The summed E-state index contributed by atoms with van der Waals surface area (Å²) >= 11 is 1.46. The van der Waals surface area contributed by atoms with E-state index in [-0.39, 0.29) is 17.1 Å². The zero-order valence-electron chi connectivity index (χ0n) is 17.7. The molecule has 0 saturated heterocycles. The Labute approximate surface area is 182 Å². The van der Waals surface area contributed by atoms with Crippen LogP contribution in [0.3, 0.4) is 0 Å². The molecule has 30 heavy (non-hydrogen) atoms. The van der Waals surface area contributed by atoms with E-state index < -0.39 is 0 Å². The molecule has 0 aliphatic heterocycles. The van der Waals surface area contributed by atoms with E-state index in [9.17, 15) is 9.59 Å². The summed E-state index contributed by atoms with van der Waals surface area (Å²) in [5, 5.41) is 5.68. The van der Waals surface area contributed by atoms with Crippen molar-refractivity contribution >= 4 is 35.0 Å². The van der Waals surface area contributed by atoms with Gasteiger partial charge in [-0.1, -0.05) is 42.0 Å². The van der Waals surface area contributed by atoms with Crippen LogP contribution in [-0.4, -0.2) is 17.1 Å². The molecule has 0 aliphatic rings. The molecular formula is C25H26N2O2S. The summed E-state index contributed by atoms with van der Waals surface area (Å²) in [6.07, 6.45) is 0. The second-order valence-electron chi connectivity index (χ2n) is 7.36. The van der Waals surface area contributed by atoms with Gasteiger partial charge < -0.3 is 10.6 Å². The monoisotopic (exact) mass is 418 g/mol. The van der Waals surface area contributed by atoms with Crippen LogP contribution in [-0.2, 0) is 4.79 Å². The van der Waals surface area contributed by atoms with Crippen molar-refractivity contribution in [1.29, 1.82) is 0 Å². The predicted octanol–water partition coefficient (Wildman–Crippen LogP) is 5.98. The van der Waals surface area contributed by atoms with Crippen molar-refractivity contribution in [2.45, 2.75) is 37.8 Å². The first kappa shape index (κ1) is 21.7. The van der Waals surface area contributed by atoms with E-state index in [4.69, 9.17) is 0 Å². The Morgan fingerprint density at radius 3 is 2.13 bits per heavy atom. The number of thioether (sulfide) groups is 1. The van der Waals surface area contributed by atoms with E-state index in [1.165, 1.54) is 11.8 Å². The number of amides is 2. The molecule has 154 valence electrons. The minimum absolute atomic E-state index is 0.0495. The van der Waals surface area contributed by atoms with Crippen LogP contribution in [0.2, 0.25) is 0 Å². The first-order chi connectivity index (χ1) is 14.3. The lowest BCUT2D eigenvalue weighted by Crippen LogP contribution is -2.23. The Kier molecular flexibility index (Phi) is 6.95. The molecule has 0 spiro atoms. The Morgan fingerprint density at radius 2 is 1.47 bits per heavy atom. The number of hydrogen-bond acceptors (Lipinski definition) is 3. The van der Waals surface area contributed by atoms with Crippen molar-refractivity contribution in [3.8, 4) is 0 Å².